The molecule has 0 spiro atoms. The second-order valence-corrected chi connectivity index (χ2v) is 6.21. The number of hydrogen-bond acceptors (Lipinski definition) is 4. The van der Waals surface area contributed by atoms with Gasteiger partial charge in [-0.15, -0.1) is 5.10 Å². The van der Waals surface area contributed by atoms with Crippen molar-refractivity contribution in [3.63, 3.8) is 0 Å². The molecule has 1 heterocycles. The fraction of sp³-hybridized carbons (Fsp3) is 0.357. The zero-order valence-electron chi connectivity index (χ0n) is 11.1. The summed E-state index contributed by atoms with van der Waals surface area (Å²) in [7, 11) is 0. The minimum Gasteiger partial charge on any atom is -0.293 e. The summed E-state index contributed by atoms with van der Waals surface area (Å²) in [6, 6.07) is 9.43. The lowest BCUT2D eigenvalue weighted by Crippen LogP contribution is -2.18. The van der Waals surface area contributed by atoms with Crippen molar-refractivity contribution in [2.24, 2.45) is 0 Å². The predicted molar refractivity (Wildman–Crippen MR) is 77.2 cm³/mol. The Labute approximate surface area is 120 Å². The van der Waals surface area contributed by atoms with Crippen LogP contribution >= 0.6 is 11.8 Å². The Kier molecular flexibility index (Phi) is 3.48. The van der Waals surface area contributed by atoms with Crippen molar-refractivity contribution in [1.29, 1.82) is 0 Å². The van der Waals surface area contributed by atoms with Crippen LogP contribution in [0.25, 0.3) is 0 Å². The number of aromatic nitrogens is 3. The summed E-state index contributed by atoms with van der Waals surface area (Å²) in [5.74, 6) is 0.0494. The van der Waals surface area contributed by atoms with Crippen molar-refractivity contribution in [2.45, 2.75) is 36.2 Å². The lowest BCUT2D eigenvalue weighted by Gasteiger charge is -2.10. The lowest BCUT2D eigenvalue weighted by atomic mass is 10.1. The molecule has 104 valence electrons. The highest BCUT2D eigenvalue weighted by molar-refractivity contribution is 8.00. The summed E-state index contributed by atoms with van der Waals surface area (Å²) in [6.45, 7) is 1.84. The summed E-state index contributed by atoms with van der Waals surface area (Å²) >= 11 is 1.33. The monoisotopic (exact) mass is 289 g/mol. The average molecular weight is 289 g/mol. The van der Waals surface area contributed by atoms with Crippen LogP contribution in [-0.2, 0) is 0 Å². The maximum atomic E-state index is 12.3. The van der Waals surface area contributed by atoms with Gasteiger partial charge in [0.15, 0.2) is 10.9 Å². The predicted octanol–water partition coefficient (Wildman–Crippen LogP) is 2.27. The topological polar surface area (TPSA) is 67.8 Å². The molecule has 2 aromatic rings. The van der Waals surface area contributed by atoms with Crippen molar-refractivity contribution >= 4 is 17.5 Å². The summed E-state index contributed by atoms with van der Waals surface area (Å²) in [5.41, 5.74) is 0.498. The Morgan fingerprint density at radius 3 is 2.75 bits per heavy atom. The van der Waals surface area contributed by atoms with Crippen LogP contribution in [0.3, 0.4) is 0 Å². The molecule has 20 heavy (non-hydrogen) atoms. The molecule has 6 heteroatoms. The van der Waals surface area contributed by atoms with Gasteiger partial charge in [-0.05, 0) is 19.8 Å². The first-order valence-corrected chi connectivity index (χ1v) is 7.47. The van der Waals surface area contributed by atoms with Gasteiger partial charge in [-0.3, -0.25) is 9.36 Å². The van der Waals surface area contributed by atoms with Crippen LogP contribution < -0.4 is 5.69 Å². The summed E-state index contributed by atoms with van der Waals surface area (Å²) in [6.07, 6.45) is 2.02. The highest BCUT2D eigenvalue weighted by Gasteiger charge is 2.30. The third kappa shape index (κ3) is 2.56. The molecule has 0 saturated heterocycles. The zero-order valence-corrected chi connectivity index (χ0v) is 11.9. The second-order valence-electron chi connectivity index (χ2n) is 4.90. The molecule has 1 N–H and O–H groups in total. The maximum absolute atomic E-state index is 12.3. The van der Waals surface area contributed by atoms with Crippen LogP contribution in [0, 0.1) is 0 Å². The molecule has 0 radical (unpaired) electrons. The molecule has 1 fully saturated rings. The zero-order chi connectivity index (χ0) is 14.1. The standard InChI is InChI=1S/C14H15N3O2S/c1-9(12(18)10-5-3-2-4-6-10)20-14-16-15-13(19)17(14)11-7-8-11/h2-6,9,11H,7-8H2,1H3,(H,15,19). The van der Waals surface area contributed by atoms with Crippen molar-refractivity contribution in [2.75, 3.05) is 0 Å². The molecular weight excluding hydrogens is 274 g/mol. The van der Waals surface area contributed by atoms with Gasteiger partial charge in [0.1, 0.15) is 0 Å². The number of ketones is 1. The molecule has 1 aromatic heterocycles. The maximum Gasteiger partial charge on any atom is 0.344 e. The smallest absolute Gasteiger partial charge is 0.293 e. The molecule has 1 atom stereocenters. The van der Waals surface area contributed by atoms with Gasteiger partial charge >= 0.3 is 5.69 Å². The van der Waals surface area contributed by atoms with Crippen LogP contribution in [0.5, 0.6) is 0 Å². The van der Waals surface area contributed by atoms with Gasteiger partial charge in [0.2, 0.25) is 0 Å². The molecule has 1 saturated carbocycles. The van der Waals surface area contributed by atoms with Crippen molar-refractivity contribution in [3.8, 4) is 0 Å². The van der Waals surface area contributed by atoms with E-state index in [9.17, 15) is 9.59 Å². The van der Waals surface area contributed by atoms with Gasteiger partial charge in [0, 0.05) is 11.6 Å². The number of nitrogens with one attached hydrogen (secondary N) is 1. The Morgan fingerprint density at radius 2 is 2.10 bits per heavy atom. The highest BCUT2D eigenvalue weighted by Crippen LogP contribution is 2.37. The lowest BCUT2D eigenvalue weighted by molar-refractivity contribution is 0.0994. The number of rotatable bonds is 5. The van der Waals surface area contributed by atoms with E-state index in [1.807, 2.05) is 25.1 Å². The summed E-state index contributed by atoms with van der Waals surface area (Å²) in [4.78, 5) is 24.0. The van der Waals surface area contributed by atoms with Crippen LogP contribution in [0.2, 0.25) is 0 Å². The van der Waals surface area contributed by atoms with E-state index < -0.39 is 0 Å². The number of hydrogen-bond donors (Lipinski definition) is 1. The number of thioether (sulfide) groups is 1. The van der Waals surface area contributed by atoms with Gasteiger partial charge in [0.05, 0.1) is 5.25 Å². The number of carbonyl (C=O) groups excluding carboxylic acids is 1. The largest absolute Gasteiger partial charge is 0.344 e. The van der Waals surface area contributed by atoms with E-state index in [0.29, 0.717) is 10.7 Å². The van der Waals surface area contributed by atoms with E-state index in [1.165, 1.54) is 11.8 Å². The number of carbonyl (C=O) groups is 1. The average Bonchev–Trinajstić information content (AvgIpc) is 3.24. The molecule has 0 aliphatic heterocycles. The normalized spacial score (nSPS) is 16.1. The van der Waals surface area contributed by atoms with Crippen LogP contribution in [-0.4, -0.2) is 25.8 Å². The van der Waals surface area contributed by atoms with Gasteiger partial charge in [-0.25, -0.2) is 9.89 Å². The molecule has 1 aromatic carbocycles. The minimum atomic E-state index is -0.273. The SMILES string of the molecule is CC(Sc1n[nH]c(=O)n1C1CC1)C(=O)c1ccccc1. The van der Waals surface area contributed by atoms with Crippen LogP contribution in [0.1, 0.15) is 36.2 Å². The quantitative estimate of drug-likeness (QED) is 0.677. The van der Waals surface area contributed by atoms with Crippen molar-refractivity contribution in [1.82, 2.24) is 14.8 Å². The Balaban J connectivity index is 1.78. The van der Waals surface area contributed by atoms with E-state index in [0.717, 1.165) is 12.8 Å². The number of Topliss-reactive ketones (excluding diaryl/α,β-unsaturated/α-hetero) is 1. The number of benzene rings is 1. The van der Waals surface area contributed by atoms with Crippen molar-refractivity contribution < 1.29 is 4.79 Å². The van der Waals surface area contributed by atoms with Gasteiger partial charge in [-0.1, -0.05) is 42.1 Å². The first kappa shape index (κ1) is 13.2. The molecule has 1 unspecified atom stereocenters. The van der Waals surface area contributed by atoms with E-state index in [1.54, 1.807) is 16.7 Å². The minimum absolute atomic E-state index is 0.0494. The molecule has 5 nitrogen and oxygen atoms in total. The Bertz CT molecular complexity index is 673. The fourth-order valence-corrected chi connectivity index (χ4v) is 3.08. The summed E-state index contributed by atoms with van der Waals surface area (Å²) < 4.78 is 1.67. The highest BCUT2D eigenvalue weighted by atomic mass is 32.2. The molecule has 1 aliphatic carbocycles. The molecular formula is C14H15N3O2S. The first-order chi connectivity index (χ1) is 9.66. The number of H-pyrrole nitrogens is 1. The van der Waals surface area contributed by atoms with E-state index >= 15 is 0 Å². The Morgan fingerprint density at radius 1 is 1.40 bits per heavy atom. The third-order valence-corrected chi connectivity index (χ3v) is 4.36. The Hall–Kier alpha value is -1.82. The second kappa shape index (κ2) is 5.28. The van der Waals surface area contributed by atoms with Gasteiger partial charge in [-0.2, -0.15) is 0 Å². The van der Waals surface area contributed by atoms with Crippen molar-refractivity contribution in [3.05, 3.63) is 46.4 Å². The van der Waals surface area contributed by atoms with Gasteiger partial charge in [0.25, 0.3) is 0 Å². The van der Waals surface area contributed by atoms with Crippen LogP contribution in [0.4, 0.5) is 0 Å². The number of aromatic amines is 1. The molecule has 0 amide bonds. The third-order valence-electron chi connectivity index (χ3n) is 3.29. The molecule has 1 aliphatic rings. The van der Waals surface area contributed by atoms with Crippen LogP contribution in [0.15, 0.2) is 40.3 Å². The molecule has 0 bridgehead atoms. The fourth-order valence-electron chi connectivity index (χ4n) is 2.08. The summed E-state index contributed by atoms with van der Waals surface area (Å²) in [5, 5.41) is 6.83. The number of nitrogens with zero attached hydrogens (tertiary/aromatic N) is 2. The molecule has 3 rings (SSSR count). The van der Waals surface area contributed by atoms with E-state index in [2.05, 4.69) is 10.2 Å². The first-order valence-electron chi connectivity index (χ1n) is 6.59. The van der Waals surface area contributed by atoms with E-state index in [4.69, 9.17) is 0 Å². The van der Waals surface area contributed by atoms with Gasteiger partial charge < -0.3 is 0 Å². The van der Waals surface area contributed by atoms with E-state index in [-0.39, 0.29) is 22.8 Å².